The Labute approximate surface area is 204 Å². The van der Waals surface area contributed by atoms with E-state index in [0.29, 0.717) is 33.5 Å². The summed E-state index contributed by atoms with van der Waals surface area (Å²) in [4.78, 5) is 29.0. The van der Waals surface area contributed by atoms with Crippen LogP contribution in [0.4, 0.5) is 5.69 Å². The summed E-state index contributed by atoms with van der Waals surface area (Å²) in [7, 11) is 0. The van der Waals surface area contributed by atoms with E-state index in [1.54, 1.807) is 24.3 Å². The summed E-state index contributed by atoms with van der Waals surface area (Å²) < 4.78 is 6.07. The summed E-state index contributed by atoms with van der Waals surface area (Å²) in [5, 5.41) is 5.03. The molecule has 2 saturated carbocycles. The fourth-order valence-corrected chi connectivity index (χ4v) is 8.95. The fraction of sp³-hybridized carbons (Fsp3) is 0.360. The number of hydrogen-bond acceptors (Lipinski definition) is 5. The number of carbonyl (C=O) groups is 1. The van der Waals surface area contributed by atoms with E-state index in [1.165, 1.54) is 30.6 Å². The van der Waals surface area contributed by atoms with Crippen LogP contribution in [-0.2, 0) is 4.79 Å². The molecule has 170 valence electrons. The number of benzene rings is 2. The van der Waals surface area contributed by atoms with E-state index in [0.717, 1.165) is 21.4 Å². The molecule has 1 aliphatic heterocycles. The topological polar surface area (TPSA) is 71.2 Å². The van der Waals surface area contributed by atoms with Crippen LogP contribution >= 0.6 is 34.7 Å². The van der Waals surface area contributed by atoms with Crippen molar-refractivity contribution in [3.63, 3.8) is 0 Å². The number of fused-ring (bicyclic) bond motifs is 6. The van der Waals surface area contributed by atoms with Crippen LogP contribution in [0.15, 0.2) is 58.4 Å². The predicted molar refractivity (Wildman–Crippen MR) is 133 cm³/mol. The lowest BCUT2D eigenvalue weighted by molar-refractivity contribution is -0.118. The van der Waals surface area contributed by atoms with Crippen LogP contribution in [0.25, 0.3) is 0 Å². The van der Waals surface area contributed by atoms with E-state index in [4.69, 9.17) is 16.3 Å². The van der Waals surface area contributed by atoms with Gasteiger partial charge in [-0.1, -0.05) is 41.1 Å². The molecular formula is C25H23ClN2O3S2. The van der Waals surface area contributed by atoms with Crippen molar-refractivity contribution in [1.29, 1.82) is 0 Å². The monoisotopic (exact) mass is 498 g/mol. The van der Waals surface area contributed by atoms with Gasteiger partial charge in [-0.2, -0.15) is 0 Å². The first-order valence-corrected chi connectivity index (χ1v) is 13.3. The van der Waals surface area contributed by atoms with Crippen molar-refractivity contribution < 1.29 is 9.53 Å². The Balaban J connectivity index is 1.28. The summed E-state index contributed by atoms with van der Waals surface area (Å²) in [5.74, 6) is 2.53. The van der Waals surface area contributed by atoms with Crippen LogP contribution < -0.4 is 14.9 Å². The van der Waals surface area contributed by atoms with Crippen molar-refractivity contribution in [2.24, 2.45) is 17.8 Å². The molecule has 33 heavy (non-hydrogen) atoms. The number of carbonyl (C=O) groups excluding carboxylic acids is 1. The molecule has 6 rings (SSSR count). The molecule has 2 fully saturated rings. The minimum Gasteiger partial charge on any atom is -0.483 e. The molecule has 0 spiro atoms. The number of aromatic amines is 1. The van der Waals surface area contributed by atoms with Gasteiger partial charge in [0.2, 0.25) is 0 Å². The Kier molecular flexibility index (Phi) is 5.51. The van der Waals surface area contributed by atoms with Gasteiger partial charge in [0.1, 0.15) is 5.75 Å². The number of thiazole rings is 1. The molecule has 5 atom stereocenters. The largest absolute Gasteiger partial charge is 0.483 e. The fourth-order valence-electron chi connectivity index (χ4n) is 5.94. The normalized spacial score (nSPS) is 27.1. The van der Waals surface area contributed by atoms with Crippen molar-refractivity contribution in [1.82, 2.24) is 4.98 Å². The van der Waals surface area contributed by atoms with E-state index in [-0.39, 0.29) is 23.3 Å². The van der Waals surface area contributed by atoms with E-state index in [1.807, 2.05) is 30.0 Å². The lowest BCUT2D eigenvalue weighted by Crippen LogP contribution is -2.34. The van der Waals surface area contributed by atoms with Crippen LogP contribution in [0, 0.1) is 17.8 Å². The minimum absolute atomic E-state index is 0.00515. The lowest BCUT2D eigenvalue weighted by Gasteiger charge is -2.40. The highest BCUT2D eigenvalue weighted by Gasteiger charge is 2.55. The van der Waals surface area contributed by atoms with Gasteiger partial charge in [0.05, 0.1) is 5.03 Å². The number of nitrogens with one attached hydrogen (secondary N) is 2. The van der Waals surface area contributed by atoms with Gasteiger partial charge in [-0.3, -0.25) is 9.59 Å². The average Bonchev–Trinajstić information content (AvgIpc) is 3.52. The minimum atomic E-state index is -0.226. The van der Waals surface area contributed by atoms with E-state index in [9.17, 15) is 9.59 Å². The first-order valence-electron chi connectivity index (χ1n) is 11.2. The number of thioether (sulfide) groups is 1. The summed E-state index contributed by atoms with van der Waals surface area (Å²) in [6.07, 6.45) is 3.84. The zero-order valence-corrected chi connectivity index (χ0v) is 20.1. The molecule has 0 unspecified atom stereocenters. The molecule has 5 nitrogen and oxygen atoms in total. The molecule has 0 saturated heterocycles. The van der Waals surface area contributed by atoms with Gasteiger partial charge in [0.25, 0.3) is 5.91 Å². The number of anilines is 1. The maximum absolute atomic E-state index is 12.5. The van der Waals surface area contributed by atoms with E-state index < -0.39 is 0 Å². The number of para-hydroxylation sites is 1. The highest BCUT2D eigenvalue weighted by molar-refractivity contribution is 8.00. The van der Waals surface area contributed by atoms with Crippen molar-refractivity contribution in [2.75, 3.05) is 11.9 Å². The molecule has 0 radical (unpaired) electrons. The summed E-state index contributed by atoms with van der Waals surface area (Å²) in [5.41, 5.74) is 1.76. The smallest absolute Gasteiger partial charge is 0.305 e. The predicted octanol–water partition coefficient (Wildman–Crippen LogP) is 5.76. The van der Waals surface area contributed by atoms with Crippen LogP contribution in [0.5, 0.6) is 5.75 Å². The van der Waals surface area contributed by atoms with Crippen molar-refractivity contribution >= 4 is 46.3 Å². The molecule has 1 aromatic heterocycles. The second-order valence-corrected chi connectivity index (χ2v) is 11.7. The first kappa shape index (κ1) is 21.3. The number of ether oxygens (including phenoxy) is 1. The van der Waals surface area contributed by atoms with Crippen LogP contribution in [0.3, 0.4) is 0 Å². The standard InChI is InChI=1S/C25H23ClN2O3S2/c26-15-7-9-16(10-8-15)27-19(29)12-31-18-4-2-1-3-17(18)21-20-13-5-6-14(11-13)22(20)32-24-23(21)33-25(30)28-24/h1-4,7-10,13-14,20-22H,5-6,11-12H2,(H,27,29)(H,28,30)/t13-,14-,20+,21-,22+/m0/s1. The third-order valence-electron chi connectivity index (χ3n) is 7.21. The molecule has 2 heterocycles. The first-order chi connectivity index (χ1) is 16.1. The van der Waals surface area contributed by atoms with Gasteiger partial charge >= 0.3 is 4.87 Å². The van der Waals surface area contributed by atoms with Crippen molar-refractivity contribution in [3.8, 4) is 5.75 Å². The van der Waals surface area contributed by atoms with Gasteiger partial charge in [0, 0.05) is 32.3 Å². The van der Waals surface area contributed by atoms with Crippen LogP contribution in [-0.4, -0.2) is 22.7 Å². The number of halogens is 1. The van der Waals surface area contributed by atoms with Crippen LogP contribution in [0.1, 0.15) is 35.6 Å². The zero-order chi connectivity index (χ0) is 22.5. The lowest BCUT2D eigenvalue weighted by atomic mass is 9.74. The number of hydrogen-bond donors (Lipinski definition) is 2. The maximum Gasteiger partial charge on any atom is 0.305 e. The number of H-pyrrole nitrogens is 1. The summed E-state index contributed by atoms with van der Waals surface area (Å²) in [6, 6.07) is 15.0. The number of aromatic nitrogens is 1. The third-order valence-corrected chi connectivity index (χ3v) is 10.1. The van der Waals surface area contributed by atoms with Gasteiger partial charge < -0.3 is 15.0 Å². The Hall–Kier alpha value is -2.22. The summed E-state index contributed by atoms with van der Waals surface area (Å²) in [6.45, 7) is -0.0858. The Morgan fingerprint density at radius 1 is 1.12 bits per heavy atom. The van der Waals surface area contributed by atoms with Crippen LogP contribution in [0.2, 0.25) is 5.02 Å². The van der Waals surface area contributed by atoms with Gasteiger partial charge in [-0.15, -0.1) is 11.8 Å². The quantitative estimate of drug-likeness (QED) is 0.469. The molecule has 3 aliphatic rings. The Morgan fingerprint density at radius 2 is 1.91 bits per heavy atom. The number of rotatable bonds is 5. The third kappa shape index (κ3) is 3.90. The molecule has 2 aromatic carbocycles. The second-order valence-electron chi connectivity index (χ2n) is 9.06. The van der Waals surface area contributed by atoms with Gasteiger partial charge in [-0.25, -0.2) is 0 Å². The molecule has 2 bridgehead atoms. The Bertz CT molecular complexity index is 1260. The molecule has 1 amide bonds. The van der Waals surface area contributed by atoms with E-state index in [2.05, 4.69) is 16.4 Å². The van der Waals surface area contributed by atoms with Crippen molar-refractivity contribution in [3.05, 3.63) is 73.7 Å². The SMILES string of the molecule is O=C(COc1ccccc1[C@@H]1c2sc(=O)[nH]c2S[C@@H]2[C@H]3CC[C@@H](C3)[C@H]12)Nc1ccc(Cl)cc1. The number of amides is 1. The molecule has 2 aliphatic carbocycles. The molecule has 2 N–H and O–H groups in total. The average molecular weight is 499 g/mol. The summed E-state index contributed by atoms with van der Waals surface area (Å²) >= 11 is 9.12. The second kappa shape index (κ2) is 8.53. The molecular weight excluding hydrogens is 476 g/mol. The highest BCUT2D eigenvalue weighted by Crippen LogP contribution is 2.64. The highest BCUT2D eigenvalue weighted by atomic mass is 35.5. The maximum atomic E-state index is 12.5. The van der Waals surface area contributed by atoms with Crippen molar-refractivity contribution in [2.45, 2.75) is 35.5 Å². The molecule has 8 heteroatoms. The molecule has 3 aromatic rings. The van der Waals surface area contributed by atoms with E-state index >= 15 is 0 Å². The Morgan fingerprint density at radius 3 is 2.76 bits per heavy atom. The van der Waals surface area contributed by atoms with Gasteiger partial charge in [-0.05, 0) is 67.3 Å². The zero-order valence-electron chi connectivity index (χ0n) is 17.8. The van der Waals surface area contributed by atoms with Gasteiger partial charge in [0.15, 0.2) is 6.61 Å².